The highest BCUT2D eigenvalue weighted by molar-refractivity contribution is 7.99. The molecule has 0 N–H and O–H groups in total. The van der Waals surface area contributed by atoms with Gasteiger partial charge in [-0.1, -0.05) is 78.5 Å². The number of aromatic nitrogens is 3. The Labute approximate surface area is 196 Å². The topological polar surface area (TPSA) is 38.7 Å². The molecular weight excluding hydrogens is 422 g/mol. The molecule has 0 fully saturated rings. The van der Waals surface area contributed by atoms with Crippen molar-refractivity contribution in [1.82, 2.24) is 15.0 Å². The van der Waals surface area contributed by atoms with Gasteiger partial charge in [-0.05, 0) is 51.6 Å². The van der Waals surface area contributed by atoms with Gasteiger partial charge in [0.2, 0.25) is 0 Å². The van der Waals surface area contributed by atoms with Crippen molar-refractivity contribution >= 4 is 33.3 Å². The van der Waals surface area contributed by atoms with Gasteiger partial charge in [0.05, 0.1) is 0 Å². The van der Waals surface area contributed by atoms with E-state index < -0.39 is 0 Å². The van der Waals surface area contributed by atoms with Crippen molar-refractivity contribution in [2.45, 2.75) is 9.79 Å². The summed E-state index contributed by atoms with van der Waals surface area (Å²) < 4.78 is 0. The largest absolute Gasteiger partial charge is 0.264 e. The molecule has 2 aromatic heterocycles. The Morgan fingerprint density at radius 2 is 1.21 bits per heavy atom. The van der Waals surface area contributed by atoms with Crippen LogP contribution in [0.5, 0.6) is 0 Å². The Morgan fingerprint density at radius 1 is 0.515 bits per heavy atom. The zero-order valence-corrected chi connectivity index (χ0v) is 18.5. The molecule has 0 aliphatic rings. The molecule has 0 radical (unpaired) electrons. The summed E-state index contributed by atoms with van der Waals surface area (Å²) >= 11 is 1.79. The van der Waals surface area contributed by atoms with Crippen molar-refractivity contribution in [3.05, 3.63) is 116 Å². The molecule has 0 amide bonds. The van der Waals surface area contributed by atoms with E-state index in [2.05, 4.69) is 99.9 Å². The molecule has 0 saturated carbocycles. The Kier molecular flexibility index (Phi) is 5.06. The minimum absolute atomic E-state index is 0.739. The van der Waals surface area contributed by atoms with Gasteiger partial charge in [-0.2, -0.15) is 0 Å². The average molecular weight is 442 g/mol. The number of hydrogen-bond acceptors (Lipinski definition) is 4. The van der Waals surface area contributed by atoms with Gasteiger partial charge in [-0.25, -0.2) is 9.97 Å². The van der Waals surface area contributed by atoms with E-state index in [4.69, 9.17) is 0 Å². The lowest BCUT2D eigenvalue weighted by Crippen LogP contribution is -1.90. The molecule has 0 saturated heterocycles. The summed E-state index contributed by atoms with van der Waals surface area (Å²) in [5.41, 5.74) is 3.45. The van der Waals surface area contributed by atoms with Crippen molar-refractivity contribution < 1.29 is 0 Å². The van der Waals surface area contributed by atoms with Crippen molar-refractivity contribution in [3.63, 3.8) is 0 Å². The molecule has 6 aromatic rings. The van der Waals surface area contributed by atoms with Crippen LogP contribution in [0.3, 0.4) is 0 Å². The molecule has 0 aliphatic heterocycles. The number of pyridine rings is 1. The Balaban J connectivity index is 1.52. The van der Waals surface area contributed by atoms with E-state index in [-0.39, 0.29) is 0 Å². The summed E-state index contributed by atoms with van der Waals surface area (Å²) in [4.78, 5) is 15.6. The maximum atomic E-state index is 4.48. The first-order valence-corrected chi connectivity index (χ1v) is 11.6. The number of nitrogens with zero attached hydrogens (tertiary/aromatic N) is 3. The van der Waals surface area contributed by atoms with Gasteiger partial charge < -0.3 is 0 Å². The van der Waals surface area contributed by atoms with Crippen LogP contribution in [0, 0.1) is 0 Å². The van der Waals surface area contributed by atoms with Gasteiger partial charge in [-0.15, -0.1) is 0 Å². The molecule has 4 heteroatoms. The van der Waals surface area contributed by atoms with Gasteiger partial charge in [0.15, 0.2) is 5.82 Å². The molecule has 33 heavy (non-hydrogen) atoms. The number of fused-ring (bicyclic) bond motifs is 2. The van der Waals surface area contributed by atoms with E-state index in [9.17, 15) is 0 Å². The number of hydrogen-bond donors (Lipinski definition) is 0. The fourth-order valence-corrected chi connectivity index (χ4v) is 5.33. The molecule has 0 unspecified atom stereocenters. The molecule has 156 valence electrons. The van der Waals surface area contributed by atoms with Gasteiger partial charge in [0.1, 0.15) is 0 Å². The van der Waals surface area contributed by atoms with Crippen LogP contribution in [0.2, 0.25) is 0 Å². The first kappa shape index (κ1) is 19.6. The summed E-state index contributed by atoms with van der Waals surface area (Å²) in [7, 11) is 0. The van der Waals surface area contributed by atoms with Crippen LogP contribution in [0.15, 0.2) is 126 Å². The van der Waals surface area contributed by atoms with Crippen molar-refractivity contribution in [1.29, 1.82) is 0 Å². The van der Waals surface area contributed by atoms with E-state index in [0.29, 0.717) is 0 Å². The SMILES string of the molecule is c1ccc(-c2c3ccccc3c(Sc3ccc(-c4ncccn4)cc3)c3ccncc23)cc1. The third-order valence-corrected chi connectivity index (χ3v) is 6.89. The van der Waals surface area contributed by atoms with E-state index in [0.717, 1.165) is 11.4 Å². The lowest BCUT2D eigenvalue weighted by Gasteiger charge is -2.16. The van der Waals surface area contributed by atoms with Crippen LogP contribution in [0.25, 0.3) is 44.1 Å². The highest BCUT2D eigenvalue weighted by Crippen LogP contribution is 2.44. The smallest absolute Gasteiger partial charge is 0.159 e. The summed E-state index contributed by atoms with van der Waals surface area (Å²) in [6, 6.07) is 31.7. The second-order valence-electron chi connectivity index (χ2n) is 7.74. The Hall–Kier alpha value is -4.02. The van der Waals surface area contributed by atoms with Crippen molar-refractivity contribution in [2.75, 3.05) is 0 Å². The highest BCUT2D eigenvalue weighted by Gasteiger charge is 2.16. The second kappa shape index (κ2) is 8.49. The van der Waals surface area contributed by atoms with E-state index in [1.165, 1.54) is 42.5 Å². The minimum atomic E-state index is 0.739. The lowest BCUT2D eigenvalue weighted by atomic mass is 9.93. The monoisotopic (exact) mass is 441 g/mol. The molecule has 2 heterocycles. The maximum Gasteiger partial charge on any atom is 0.159 e. The van der Waals surface area contributed by atoms with Crippen LogP contribution in [0.4, 0.5) is 0 Å². The van der Waals surface area contributed by atoms with Gasteiger partial charge in [-0.3, -0.25) is 4.98 Å². The maximum absolute atomic E-state index is 4.48. The van der Waals surface area contributed by atoms with Gasteiger partial charge in [0, 0.05) is 45.5 Å². The van der Waals surface area contributed by atoms with Crippen LogP contribution in [-0.2, 0) is 0 Å². The van der Waals surface area contributed by atoms with E-state index >= 15 is 0 Å². The third kappa shape index (κ3) is 3.65. The number of rotatable bonds is 4. The molecular formula is C29H19N3S. The highest BCUT2D eigenvalue weighted by atomic mass is 32.2. The average Bonchev–Trinajstić information content (AvgIpc) is 2.90. The minimum Gasteiger partial charge on any atom is -0.264 e. The first-order chi connectivity index (χ1) is 16.4. The number of benzene rings is 4. The predicted octanol–water partition coefficient (Wildman–Crippen LogP) is 7.66. The van der Waals surface area contributed by atoms with Crippen LogP contribution in [-0.4, -0.2) is 15.0 Å². The summed E-state index contributed by atoms with van der Waals surface area (Å²) in [5.74, 6) is 0.739. The van der Waals surface area contributed by atoms with E-state index in [1.807, 2.05) is 18.5 Å². The van der Waals surface area contributed by atoms with Crippen LogP contribution < -0.4 is 0 Å². The van der Waals surface area contributed by atoms with Crippen molar-refractivity contribution in [2.24, 2.45) is 0 Å². The lowest BCUT2D eigenvalue weighted by molar-refractivity contribution is 1.17. The van der Waals surface area contributed by atoms with Gasteiger partial charge >= 0.3 is 0 Å². The van der Waals surface area contributed by atoms with Crippen molar-refractivity contribution in [3.8, 4) is 22.5 Å². The zero-order chi connectivity index (χ0) is 22.0. The Morgan fingerprint density at radius 3 is 2.00 bits per heavy atom. The first-order valence-electron chi connectivity index (χ1n) is 10.8. The second-order valence-corrected chi connectivity index (χ2v) is 8.82. The molecule has 0 spiro atoms. The fraction of sp³-hybridized carbons (Fsp3) is 0. The summed E-state index contributed by atoms with van der Waals surface area (Å²) in [5, 5.41) is 4.86. The molecule has 4 aromatic carbocycles. The molecule has 0 atom stereocenters. The summed E-state index contributed by atoms with van der Waals surface area (Å²) in [6.45, 7) is 0. The molecule has 3 nitrogen and oxygen atoms in total. The Bertz CT molecular complexity index is 1510. The van der Waals surface area contributed by atoms with E-state index in [1.54, 1.807) is 24.2 Å². The third-order valence-electron chi connectivity index (χ3n) is 5.74. The zero-order valence-electron chi connectivity index (χ0n) is 17.7. The predicted molar refractivity (Wildman–Crippen MR) is 136 cm³/mol. The molecule has 0 bridgehead atoms. The van der Waals surface area contributed by atoms with Crippen LogP contribution in [0.1, 0.15) is 0 Å². The molecule has 0 aliphatic carbocycles. The fourth-order valence-electron chi connectivity index (χ4n) is 4.24. The normalized spacial score (nSPS) is 11.2. The summed E-state index contributed by atoms with van der Waals surface area (Å²) in [6.07, 6.45) is 7.41. The quantitative estimate of drug-likeness (QED) is 0.263. The molecule has 6 rings (SSSR count). The standard InChI is InChI=1S/C29H19N3S/c1-2-7-20(8-3-1)27-23-9-4-5-10-24(23)28(25-15-18-30-19-26(25)27)33-22-13-11-21(12-14-22)29-31-16-6-17-32-29/h1-19H. The van der Waals surface area contributed by atoms with Crippen LogP contribution >= 0.6 is 11.8 Å². The van der Waals surface area contributed by atoms with Gasteiger partial charge in [0.25, 0.3) is 0 Å².